The summed E-state index contributed by atoms with van der Waals surface area (Å²) < 4.78 is 0. The zero-order chi connectivity index (χ0) is 19.4. The molecule has 0 aliphatic carbocycles. The van der Waals surface area contributed by atoms with Crippen molar-refractivity contribution in [3.8, 4) is 11.3 Å². The molecule has 1 amide bonds. The van der Waals surface area contributed by atoms with E-state index in [4.69, 9.17) is 5.73 Å². The van der Waals surface area contributed by atoms with Crippen molar-refractivity contribution < 1.29 is 4.79 Å². The van der Waals surface area contributed by atoms with Gasteiger partial charge in [-0.05, 0) is 12.5 Å². The fourth-order valence-corrected chi connectivity index (χ4v) is 2.95. The quantitative estimate of drug-likeness (QED) is 0.721. The van der Waals surface area contributed by atoms with Gasteiger partial charge in [0.05, 0.1) is 23.6 Å². The minimum atomic E-state index is -0.173. The van der Waals surface area contributed by atoms with Crippen molar-refractivity contribution in [3.05, 3.63) is 52.9 Å². The number of amides is 1. The maximum atomic E-state index is 12.3. The van der Waals surface area contributed by atoms with E-state index in [-0.39, 0.29) is 17.5 Å². The van der Waals surface area contributed by atoms with Crippen molar-refractivity contribution in [1.82, 2.24) is 19.9 Å². The molecule has 3 N–H and O–H groups in total. The van der Waals surface area contributed by atoms with Gasteiger partial charge < -0.3 is 20.5 Å². The van der Waals surface area contributed by atoms with Gasteiger partial charge in [-0.15, -0.1) is 0 Å². The Balaban J connectivity index is 1.76. The number of carbonyl (C=O) groups excluding carboxylic acids is 1. The number of nitrogens with two attached hydrogens (primary N) is 1. The lowest BCUT2D eigenvalue weighted by atomic mass is 10.1. The summed E-state index contributed by atoms with van der Waals surface area (Å²) in [6, 6.07) is 1.91. The van der Waals surface area contributed by atoms with Crippen LogP contribution in [0.1, 0.15) is 12.6 Å². The average Bonchev–Trinajstić information content (AvgIpc) is 2.65. The van der Waals surface area contributed by atoms with Gasteiger partial charge in [-0.1, -0.05) is 13.0 Å². The largest absolute Gasteiger partial charge is 0.364 e. The Hall–Kier alpha value is -3.00. The Bertz CT molecular complexity index is 901. The van der Waals surface area contributed by atoms with Crippen LogP contribution in [0.2, 0.25) is 0 Å². The zero-order valence-corrected chi connectivity index (χ0v) is 15.6. The molecule has 3 heterocycles. The molecule has 8 nitrogen and oxygen atoms in total. The third kappa shape index (κ3) is 4.06. The first kappa shape index (κ1) is 18.8. The number of nitrogens with one attached hydrogen (secondary N) is 1. The van der Waals surface area contributed by atoms with Gasteiger partial charge >= 0.3 is 0 Å². The number of anilines is 1. The molecule has 0 aromatic carbocycles. The lowest BCUT2D eigenvalue weighted by Gasteiger charge is -2.44. The topological polar surface area (TPSA) is 108 Å². The van der Waals surface area contributed by atoms with Gasteiger partial charge in [0.15, 0.2) is 0 Å². The second-order valence-electron chi connectivity index (χ2n) is 6.50. The van der Waals surface area contributed by atoms with Crippen molar-refractivity contribution in [3.63, 3.8) is 0 Å². The lowest BCUT2D eigenvalue weighted by molar-refractivity contribution is -0.130. The first-order chi connectivity index (χ1) is 13.0. The van der Waals surface area contributed by atoms with Crippen LogP contribution in [0, 0.1) is 0 Å². The van der Waals surface area contributed by atoms with Crippen LogP contribution in [0.3, 0.4) is 0 Å². The summed E-state index contributed by atoms with van der Waals surface area (Å²) in [7, 11) is 1.87. The highest BCUT2D eigenvalue weighted by Crippen LogP contribution is 2.23. The smallest absolute Gasteiger partial charge is 0.271 e. The van der Waals surface area contributed by atoms with Crippen LogP contribution in [0.4, 0.5) is 5.69 Å². The number of aromatic nitrogens is 3. The molecule has 2 aromatic rings. The lowest BCUT2D eigenvalue weighted by Crippen LogP contribution is -2.60. The van der Waals surface area contributed by atoms with E-state index in [9.17, 15) is 9.59 Å². The van der Waals surface area contributed by atoms with Crippen molar-refractivity contribution in [2.45, 2.75) is 19.4 Å². The number of aryl methyl sites for hydroxylation is 1. The van der Waals surface area contributed by atoms with Crippen LogP contribution in [0.15, 0.2) is 41.6 Å². The number of rotatable bonds is 6. The summed E-state index contributed by atoms with van der Waals surface area (Å²) in [5.41, 5.74) is 8.16. The van der Waals surface area contributed by atoms with Gasteiger partial charge in [0.25, 0.3) is 5.56 Å². The van der Waals surface area contributed by atoms with Crippen LogP contribution < -0.4 is 16.2 Å². The Morgan fingerprint density at radius 2 is 2.22 bits per heavy atom. The number of nitrogens with zero attached hydrogens (tertiary/aromatic N) is 4. The Morgan fingerprint density at radius 3 is 2.93 bits per heavy atom. The molecule has 1 saturated heterocycles. The van der Waals surface area contributed by atoms with E-state index in [1.54, 1.807) is 29.6 Å². The highest BCUT2D eigenvalue weighted by Gasteiger charge is 2.33. The molecule has 142 valence electrons. The van der Waals surface area contributed by atoms with Crippen LogP contribution in [-0.2, 0) is 11.2 Å². The van der Waals surface area contributed by atoms with E-state index in [1.165, 1.54) is 6.08 Å². The van der Waals surface area contributed by atoms with Gasteiger partial charge in [0.1, 0.15) is 5.69 Å². The molecular formula is C19H24N6O2. The highest BCUT2D eigenvalue weighted by molar-refractivity contribution is 5.88. The number of carbonyl (C=O) groups is 1. The second-order valence-corrected chi connectivity index (χ2v) is 6.50. The van der Waals surface area contributed by atoms with Gasteiger partial charge in [-0.3, -0.25) is 14.6 Å². The van der Waals surface area contributed by atoms with E-state index in [0.29, 0.717) is 25.3 Å². The summed E-state index contributed by atoms with van der Waals surface area (Å²) in [5, 5.41) is 0. The SMILES string of the molecule is CCc1cncc(-c2c[nH]c(=O)c(N(C)C3CN(C(=O)/C=C/CN)C3)c2)n1. The van der Waals surface area contributed by atoms with Crippen molar-refractivity contribution in [1.29, 1.82) is 0 Å². The Kier molecular flexibility index (Phi) is 5.66. The molecule has 0 spiro atoms. The monoisotopic (exact) mass is 368 g/mol. The summed E-state index contributed by atoms with van der Waals surface area (Å²) >= 11 is 0. The minimum absolute atomic E-state index is 0.0561. The van der Waals surface area contributed by atoms with Crippen LogP contribution >= 0.6 is 0 Å². The summed E-state index contributed by atoms with van der Waals surface area (Å²) in [4.78, 5) is 39.5. The molecule has 0 bridgehead atoms. The predicted octanol–water partition coefficient (Wildman–Crippen LogP) is 0.556. The third-order valence-electron chi connectivity index (χ3n) is 4.72. The summed E-state index contributed by atoms with van der Waals surface area (Å²) in [6.45, 7) is 3.50. The van der Waals surface area contributed by atoms with Gasteiger partial charge in [0, 0.05) is 50.7 Å². The van der Waals surface area contributed by atoms with E-state index in [1.807, 2.05) is 24.9 Å². The molecule has 2 aromatic heterocycles. The van der Waals surface area contributed by atoms with Gasteiger partial charge in [0.2, 0.25) is 5.91 Å². The molecule has 1 aliphatic heterocycles. The summed E-state index contributed by atoms with van der Waals surface area (Å²) in [6.07, 6.45) is 8.99. The molecule has 1 aliphatic rings. The molecule has 3 rings (SSSR count). The predicted molar refractivity (Wildman–Crippen MR) is 104 cm³/mol. The molecular weight excluding hydrogens is 344 g/mol. The molecule has 8 heteroatoms. The maximum Gasteiger partial charge on any atom is 0.271 e. The molecule has 27 heavy (non-hydrogen) atoms. The van der Waals surface area contributed by atoms with E-state index in [0.717, 1.165) is 23.4 Å². The standard InChI is InChI=1S/C19H24N6O2/c1-3-14-9-21-10-16(23-14)13-7-17(19(27)22-8-13)24(2)15-11-25(12-15)18(26)5-4-6-20/h4-5,7-10,15H,3,6,11-12,20H2,1-2H3,(H,22,27)/b5-4+. The molecule has 0 unspecified atom stereocenters. The first-order valence-electron chi connectivity index (χ1n) is 8.95. The molecule has 0 radical (unpaired) electrons. The number of H-pyrrole nitrogens is 1. The van der Waals surface area contributed by atoms with Crippen LogP contribution in [0.5, 0.6) is 0 Å². The van der Waals surface area contributed by atoms with Crippen LogP contribution in [0.25, 0.3) is 11.3 Å². The minimum Gasteiger partial charge on any atom is -0.364 e. The van der Waals surface area contributed by atoms with E-state index >= 15 is 0 Å². The number of hydrogen-bond acceptors (Lipinski definition) is 6. The third-order valence-corrected chi connectivity index (χ3v) is 4.72. The van der Waals surface area contributed by atoms with Gasteiger partial charge in [-0.25, -0.2) is 4.98 Å². The van der Waals surface area contributed by atoms with E-state index in [2.05, 4.69) is 15.0 Å². The first-order valence-corrected chi connectivity index (χ1v) is 8.95. The number of likely N-dealkylation sites (N-methyl/N-ethyl adjacent to an activating group) is 1. The Labute approximate surface area is 157 Å². The van der Waals surface area contributed by atoms with Crippen LogP contribution in [-0.4, -0.2) is 58.5 Å². The second kappa shape index (κ2) is 8.13. The average molecular weight is 368 g/mol. The van der Waals surface area contributed by atoms with Crippen molar-refractivity contribution >= 4 is 11.6 Å². The molecule has 0 atom stereocenters. The van der Waals surface area contributed by atoms with Crippen molar-refractivity contribution in [2.24, 2.45) is 5.73 Å². The fraction of sp³-hybridized carbons (Fsp3) is 0.368. The number of pyridine rings is 1. The molecule has 0 saturated carbocycles. The van der Waals surface area contributed by atoms with Gasteiger partial charge in [-0.2, -0.15) is 0 Å². The number of hydrogen-bond donors (Lipinski definition) is 2. The van der Waals surface area contributed by atoms with E-state index < -0.39 is 0 Å². The number of aromatic amines is 1. The Morgan fingerprint density at radius 1 is 1.44 bits per heavy atom. The highest BCUT2D eigenvalue weighted by atomic mass is 16.2. The normalized spacial score (nSPS) is 14.4. The zero-order valence-electron chi connectivity index (χ0n) is 15.6. The maximum absolute atomic E-state index is 12.3. The molecule has 1 fully saturated rings. The fourth-order valence-electron chi connectivity index (χ4n) is 2.95. The summed E-state index contributed by atoms with van der Waals surface area (Å²) in [5.74, 6) is -0.0561. The number of likely N-dealkylation sites (tertiary alicyclic amines) is 1. The van der Waals surface area contributed by atoms with Crippen molar-refractivity contribution in [2.75, 3.05) is 31.6 Å².